The van der Waals surface area contributed by atoms with Crippen molar-refractivity contribution in [2.24, 2.45) is 0 Å². The first-order valence-electron chi connectivity index (χ1n) is 11.7. The molecule has 0 bridgehead atoms. The second kappa shape index (κ2) is 11.8. The van der Waals surface area contributed by atoms with Gasteiger partial charge >= 0.3 is 0 Å². The average molecular weight is 497 g/mol. The van der Waals surface area contributed by atoms with Gasteiger partial charge in [-0.1, -0.05) is 53.5 Å². The van der Waals surface area contributed by atoms with E-state index < -0.39 is 32.1 Å². The topological polar surface area (TPSA) is 92.7 Å². The maximum atomic E-state index is 12.1. The number of carbonyl (C=O) groups excluding carboxylic acids is 1. The fourth-order valence-corrected chi connectivity index (χ4v) is 10.5. The van der Waals surface area contributed by atoms with Gasteiger partial charge in [0.2, 0.25) is 5.76 Å². The first-order chi connectivity index (χ1) is 16.0. The molecule has 0 saturated heterocycles. The van der Waals surface area contributed by atoms with Crippen molar-refractivity contribution in [2.45, 2.75) is 82.3 Å². The zero-order valence-electron chi connectivity index (χ0n) is 21.8. The summed E-state index contributed by atoms with van der Waals surface area (Å²) in [6, 6.07) is 0. The molecule has 9 heteroatoms. The van der Waals surface area contributed by atoms with Crippen molar-refractivity contribution in [3.8, 4) is 11.8 Å². The average Bonchev–Trinajstić information content (AvgIpc) is 2.79. The lowest BCUT2D eigenvalue weighted by Crippen LogP contribution is -2.51. The zero-order chi connectivity index (χ0) is 25.7. The number of ketones is 1. The van der Waals surface area contributed by atoms with Crippen LogP contribution in [-0.2, 0) is 32.9 Å². The Balaban J connectivity index is 2.12. The molecule has 0 saturated carbocycles. The third kappa shape index (κ3) is 5.43. The number of carbonyl (C=O) groups is 1. The van der Waals surface area contributed by atoms with Gasteiger partial charge in [0.1, 0.15) is 18.8 Å². The molecule has 8 nitrogen and oxygen atoms in total. The Hall–Kier alpha value is -1.67. The summed E-state index contributed by atoms with van der Waals surface area (Å²) in [5, 5.41) is 10.5. The molecule has 34 heavy (non-hydrogen) atoms. The summed E-state index contributed by atoms with van der Waals surface area (Å²) in [5.74, 6) is 4.60. The second-order valence-electron chi connectivity index (χ2n) is 9.48. The summed E-state index contributed by atoms with van der Waals surface area (Å²) in [7, 11) is 2.17. The number of aliphatic hydroxyl groups is 1. The molecular formula is C25H40O8Si. The molecule has 0 aromatic heterocycles. The molecule has 0 amide bonds. The monoisotopic (exact) mass is 496 g/mol. The van der Waals surface area contributed by atoms with Gasteiger partial charge in [0.25, 0.3) is 11.4 Å². The highest BCUT2D eigenvalue weighted by Gasteiger charge is 2.55. The lowest BCUT2D eigenvalue weighted by molar-refractivity contribution is -0.173. The van der Waals surface area contributed by atoms with E-state index in [1.807, 2.05) is 6.08 Å². The quantitative estimate of drug-likeness (QED) is 0.265. The molecular weight excluding hydrogens is 456 g/mol. The molecule has 1 aliphatic carbocycles. The lowest BCUT2D eigenvalue weighted by Gasteiger charge is -2.43. The van der Waals surface area contributed by atoms with Crippen LogP contribution < -0.4 is 0 Å². The van der Waals surface area contributed by atoms with Crippen LogP contribution in [0.5, 0.6) is 0 Å². The molecule has 1 N–H and O–H groups in total. The molecule has 0 aromatic carbocycles. The maximum absolute atomic E-state index is 12.1. The van der Waals surface area contributed by atoms with Gasteiger partial charge in [-0.3, -0.25) is 4.79 Å². The summed E-state index contributed by atoms with van der Waals surface area (Å²) >= 11 is 0. The Morgan fingerprint density at radius 3 is 2.18 bits per heavy atom. The van der Waals surface area contributed by atoms with E-state index in [4.69, 9.17) is 28.1 Å². The number of methoxy groups -OCH3 is 3. The molecule has 2 aliphatic rings. The molecule has 2 rings (SSSR count). The molecule has 0 spiro atoms. The van der Waals surface area contributed by atoms with Crippen LogP contribution in [0.1, 0.15) is 41.5 Å². The van der Waals surface area contributed by atoms with Crippen LogP contribution in [-0.4, -0.2) is 77.8 Å². The summed E-state index contributed by atoms with van der Waals surface area (Å²) in [5.41, 5.74) is -0.689. The van der Waals surface area contributed by atoms with Crippen molar-refractivity contribution < 1.29 is 38.0 Å². The molecule has 1 unspecified atom stereocenters. The Kier molecular flexibility index (Phi) is 9.95. The lowest BCUT2D eigenvalue weighted by atomic mass is 9.83. The van der Waals surface area contributed by atoms with Gasteiger partial charge in [-0.15, -0.1) is 0 Å². The van der Waals surface area contributed by atoms with E-state index in [0.717, 1.165) is 0 Å². The Morgan fingerprint density at radius 2 is 1.68 bits per heavy atom. The SMILES string of the molecule is COC1=C(OC)C(O)(C#CCO[C@H]2C=C[C@@H](OC)O[C@@H]2CO[Si](C(C)C)(C(C)C)C(C)C)C1=O. The van der Waals surface area contributed by atoms with E-state index in [9.17, 15) is 9.90 Å². The van der Waals surface area contributed by atoms with Crippen molar-refractivity contribution in [1.82, 2.24) is 0 Å². The fraction of sp³-hybridized carbons (Fsp3) is 0.720. The van der Waals surface area contributed by atoms with E-state index >= 15 is 0 Å². The van der Waals surface area contributed by atoms with Crippen molar-refractivity contribution in [3.05, 3.63) is 23.7 Å². The number of hydrogen-bond acceptors (Lipinski definition) is 8. The van der Waals surface area contributed by atoms with E-state index in [-0.39, 0.29) is 24.2 Å². The van der Waals surface area contributed by atoms with Crippen molar-refractivity contribution in [3.63, 3.8) is 0 Å². The van der Waals surface area contributed by atoms with Gasteiger partial charge in [-0.05, 0) is 28.6 Å². The van der Waals surface area contributed by atoms with Crippen molar-refractivity contribution >= 4 is 14.1 Å². The first-order valence-corrected chi connectivity index (χ1v) is 13.9. The second-order valence-corrected chi connectivity index (χ2v) is 14.9. The predicted octanol–water partition coefficient (Wildman–Crippen LogP) is 3.31. The molecule has 1 heterocycles. The molecule has 192 valence electrons. The smallest absolute Gasteiger partial charge is 0.254 e. The van der Waals surface area contributed by atoms with Crippen LogP contribution in [0.15, 0.2) is 23.7 Å². The Bertz CT molecular complexity index is 816. The van der Waals surface area contributed by atoms with Gasteiger partial charge in [0.05, 0.1) is 20.8 Å². The van der Waals surface area contributed by atoms with E-state index in [1.165, 1.54) is 14.2 Å². The highest BCUT2D eigenvalue weighted by atomic mass is 28.4. The predicted molar refractivity (Wildman–Crippen MR) is 130 cm³/mol. The number of ether oxygens (including phenoxy) is 5. The fourth-order valence-electron chi connectivity index (χ4n) is 5.09. The summed E-state index contributed by atoms with van der Waals surface area (Å²) in [4.78, 5) is 12.1. The third-order valence-corrected chi connectivity index (χ3v) is 12.7. The summed E-state index contributed by atoms with van der Waals surface area (Å²) in [6.45, 7) is 13.8. The van der Waals surface area contributed by atoms with Gasteiger partial charge < -0.3 is 33.2 Å². The zero-order valence-corrected chi connectivity index (χ0v) is 22.8. The van der Waals surface area contributed by atoms with Gasteiger partial charge in [0.15, 0.2) is 20.4 Å². The molecule has 0 radical (unpaired) electrons. The van der Waals surface area contributed by atoms with Crippen molar-refractivity contribution in [1.29, 1.82) is 0 Å². The first kappa shape index (κ1) is 28.6. The van der Waals surface area contributed by atoms with Crippen LogP contribution in [0.3, 0.4) is 0 Å². The number of hydrogen-bond donors (Lipinski definition) is 1. The minimum atomic E-state index is -2.09. The minimum Gasteiger partial charge on any atom is -0.493 e. The third-order valence-electron chi connectivity index (χ3n) is 6.67. The van der Waals surface area contributed by atoms with E-state index in [1.54, 1.807) is 13.2 Å². The van der Waals surface area contributed by atoms with Crippen LogP contribution in [0.2, 0.25) is 16.6 Å². The highest BCUT2D eigenvalue weighted by Crippen LogP contribution is 2.42. The van der Waals surface area contributed by atoms with Crippen molar-refractivity contribution in [2.75, 3.05) is 34.5 Å². The maximum Gasteiger partial charge on any atom is 0.254 e. The molecule has 1 aliphatic heterocycles. The highest BCUT2D eigenvalue weighted by molar-refractivity contribution is 6.77. The van der Waals surface area contributed by atoms with E-state index in [2.05, 4.69) is 53.4 Å². The van der Waals surface area contributed by atoms with Gasteiger partial charge in [-0.25, -0.2) is 0 Å². The van der Waals surface area contributed by atoms with Crippen LogP contribution in [0, 0.1) is 11.8 Å². The largest absolute Gasteiger partial charge is 0.493 e. The normalized spacial score (nSPS) is 27.2. The summed E-state index contributed by atoms with van der Waals surface area (Å²) < 4.78 is 34.1. The van der Waals surface area contributed by atoms with Crippen LogP contribution in [0.25, 0.3) is 0 Å². The molecule has 0 fully saturated rings. The molecule has 0 aromatic rings. The number of rotatable bonds is 11. The van der Waals surface area contributed by atoms with Crippen LogP contribution >= 0.6 is 0 Å². The standard InChI is InChI=1S/C25H40O8Si/c1-16(2)34(17(3)4,18(5)6)32-15-20-19(11-12-21(28-7)33-20)31-14-10-13-25(27)23(26)22(29-8)24(25)30-9/h11-12,16-21,27H,14-15H2,1-9H3/t19-,20+,21-,25?/m0/s1. The van der Waals surface area contributed by atoms with Gasteiger partial charge in [-0.2, -0.15) is 0 Å². The minimum absolute atomic E-state index is 0.0000340. The summed E-state index contributed by atoms with van der Waals surface area (Å²) in [6.07, 6.45) is 2.37. The van der Waals surface area contributed by atoms with Crippen LogP contribution in [0.4, 0.5) is 0 Å². The Labute approximate surface area is 204 Å². The Morgan fingerprint density at radius 1 is 1.06 bits per heavy atom. The van der Waals surface area contributed by atoms with E-state index in [0.29, 0.717) is 23.2 Å². The van der Waals surface area contributed by atoms with Gasteiger partial charge in [0, 0.05) is 7.11 Å². The number of Topliss-reactive ketones (excluding diaryl/α,β-unsaturated/α-hetero) is 1. The molecule has 4 atom stereocenters.